The summed E-state index contributed by atoms with van der Waals surface area (Å²) in [5, 5.41) is 0. The lowest BCUT2D eigenvalue weighted by molar-refractivity contribution is -0.140. The van der Waals surface area contributed by atoms with Crippen molar-refractivity contribution in [1.82, 2.24) is 4.57 Å². The minimum atomic E-state index is -0.872. The van der Waals surface area contributed by atoms with E-state index in [-0.39, 0.29) is 28.5 Å². The summed E-state index contributed by atoms with van der Waals surface area (Å²) in [4.78, 5) is 60.9. The predicted octanol–water partition coefficient (Wildman–Crippen LogP) is 4.91. The molecule has 2 aliphatic rings. The van der Waals surface area contributed by atoms with E-state index < -0.39 is 23.5 Å². The number of hydrogen-bond donors (Lipinski definition) is 0. The van der Waals surface area contributed by atoms with E-state index in [1.165, 1.54) is 11.7 Å². The minimum Gasteiger partial charge on any atom is -0.465 e. The Hall–Kier alpha value is -4.31. The number of methoxy groups -OCH3 is 1. The van der Waals surface area contributed by atoms with Crippen molar-refractivity contribution in [1.29, 1.82) is 0 Å². The van der Waals surface area contributed by atoms with Gasteiger partial charge in [0.25, 0.3) is 11.5 Å². The topological polar surface area (TPSA) is 107 Å². The van der Waals surface area contributed by atoms with Gasteiger partial charge in [0, 0.05) is 12.1 Å². The van der Waals surface area contributed by atoms with E-state index in [1.54, 1.807) is 36.1 Å². The lowest BCUT2D eigenvalue weighted by atomic mass is 9.95. The molecule has 0 spiro atoms. The van der Waals surface area contributed by atoms with Crippen LogP contribution in [0.15, 0.2) is 69.6 Å². The number of carbonyl (C=O) groups excluding carboxylic acids is 3. The molecule has 0 bridgehead atoms. The molecule has 0 N–H and O–H groups in total. The number of thiazole rings is 1. The molecule has 1 unspecified atom stereocenters. The number of amides is 1. The molecule has 0 fully saturated rings. The maximum Gasteiger partial charge on any atom is 0.338 e. The number of benzene rings is 2. The van der Waals surface area contributed by atoms with Crippen LogP contribution in [0.5, 0.6) is 0 Å². The van der Waals surface area contributed by atoms with Crippen molar-refractivity contribution in [3.05, 3.63) is 96.2 Å². The molecule has 0 saturated heterocycles. The molecule has 0 aliphatic carbocycles. The molecule has 2 aromatic carbocycles. The minimum absolute atomic E-state index is 0.110. The smallest absolute Gasteiger partial charge is 0.338 e. The van der Waals surface area contributed by atoms with Crippen molar-refractivity contribution < 1.29 is 23.9 Å². The van der Waals surface area contributed by atoms with Crippen LogP contribution in [0, 0.1) is 5.92 Å². The number of carbonyl (C=O) groups is 3. The quantitative estimate of drug-likeness (QED) is 0.221. The van der Waals surface area contributed by atoms with Gasteiger partial charge in [-0.1, -0.05) is 88.1 Å². The van der Waals surface area contributed by atoms with Gasteiger partial charge in [-0.25, -0.2) is 14.6 Å². The Bertz CT molecular complexity index is 1830. The highest BCUT2D eigenvalue weighted by Gasteiger charge is 2.37. The number of rotatable bonds is 11. The number of ether oxygens (including phenoxy) is 2. The fourth-order valence-electron chi connectivity index (χ4n) is 5.78. The first-order valence-corrected chi connectivity index (χ1v) is 16.3. The van der Waals surface area contributed by atoms with Gasteiger partial charge < -0.3 is 14.4 Å². The highest BCUT2D eigenvalue weighted by molar-refractivity contribution is 7.07. The average molecular weight is 630 g/mol. The van der Waals surface area contributed by atoms with Gasteiger partial charge in [-0.05, 0) is 43.0 Å². The largest absolute Gasteiger partial charge is 0.465 e. The molecule has 1 aromatic heterocycles. The van der Waals surface area contributed by atoms with Gasteiger partial charge in [0.05, 0.1) is 47.9 Å². The Morgan fingerprint density at radius 3 is 2.38 bits per heavy atom. The van der Waals surface area contributed by atoms with Gasteiger partial charge in [0.2, 0.25) is 0 Å². The normalized spacial score (nSPS) is 16.9. The van der Waals surface area contributed by atoms with Crippen LogP contribution in [-0.4, -0.2) is 42.7 Å². The number of allylic oxidation sites excluding steroid dienone is 1. The van der Waals surface area contributed by atoms with Gasteiger partial charge in [0.15, 0.2) is 4.80 Å². The molecule has 0 radical (unpaired) electrons. The summed E-state index contributed by atoms with van der Waals surface area (Å²) < 4.78 is 12.2. The summed E-state index contributed by atoms with van der Waals surface area (Å²) in [7, 11) is 1.31. The maximum atomic E-state index is 14.4. The van der Waals surface area contributed by atoms with Crippen LogP contribution >= 0.6 is 11.3 Å². The third-order valence-corrected chi connectivity index (χ3v) is 9.10. The second-order valence-corrected chi connectivity index (χ2v) is 12.7. The van der Waals surface area contributed by atoms with Crippen LogP contribution in [0.25, 0.3) is 5.57 Å². The molecule has 10 heteroatoms. The van der Waals surface area contributed by atoms with E-state index in [0.29, 0.717) is 39.3 Å². The SMILES string of the molecule is CCCCCCCN1C(=O)C(=c2sc3n(c2=O)C(c2ccc(C(=O)OC)cc2)C(C(=O)OCC(C)C)=C(C)N=3)c2ccccc21. The highest BCUT2D eigenvalue weighted by atomic mass is 32.1. The zero-order valence-electron chi connectivity index (χ0n) is 26.4. The third-order valence-electron chi connectivity index (χ3n) is 8.05. The summed E-state index contributed by atoms with van der Waals surface area (Å²) in [6.45, 7) is 8.55. The molecule has 3 heterocycles. The molecule has 236 valence electrons. The molecule has 1 atom stereocenters. The molecule has 2 aliphatic heterocycles. The molecule has 9 nitrogen and oxygen atoms in total. The number of aromatic nitrogens is 1. The fraction of sp³-hybridized carbons (Fsp3) is 0.400. The third kappa shape index (κ3) is 6.29. The Kier molecular flexibility index (Phi) is 9.82. The van der Waals surface area contributed by atoms with Crippen LogP contribution < -0.4 is 19.8 Å². The predicted molar refractivity (Wildman–Crippen MR) is 174 cm³/mol. The molecule has 1 amide bonds. The molecule has 3 aromatic rings. The second-order valence-electron chi connectivity index (χ2n) is 11.8. The number of hydrogen-bond acceptors (Lipinski definition) is 8. The van der Waals surface area contributed by atoms with Crippen molar-refractivity contribution in [2.75, 3.05) is 25.2 Å². The van der Waals surface area contributed by atoms with Crippen LogP contribution in [0.2, 0.25) is 0 Å². The van der Waals surface area contributed by atoms with Crippen LogP contribution in [-0.2, 0) is 19.1 Å². The Labute approximate surface area is 266 Å². The van der Waals surface area contributed by atoms with E-state index >= 15 is 0 Å². The van der Waals surface area contributed by atoms with E-state index in [4.69, 9.17) is 9.47 Å². The summed E-state index contributed by atoms with van der Waals surface area (Å²) >= 11 is 1.15. The first-order chi connectivity index (χ1) is 21.7. The van der Waals surface area contributed by atoms with Gasteiger partial charge in [-0.3, -0.25) is 14.2 Å². The molecule has 0 saturated carbocycles. The first kappa shape index (κ1) is 32.1. The Morgan fingerprint density at radius 2 is 1.69 bits per heavy atom. The summed E-state index contributed by atoms with van der Waals surface area (Å²) in [5.74, 6) is -1.16. The number of para-hydroxylation sites is 1. The van der Waals surface area contributed by atoms with E-state index in [9.17, 15) is 19.2 Å². The summed E-state index contributed by atoms with van der Waals surface area (Å²) in [5.41, 5.74) is 3.04. The average Bonchev–Trinajstić information content (AvgIpc) is 3.50. The number of fused-ring (bicyclic) bond motifs is 2. The van der Waals surface area contributed by atoms with Crippen molar-refractivity contribution >= 4 is 40.4 Å². The monoisotopic (exact) mass is 629 g/mol. The van der Waals surface area contributed by atoms with Gasteiger partial charge >= 0.3 is 11.9 Å². The van der Waals surface area contributed by atoms with Gasteiger partial charge in [-0.15, -0.1) is 0 Å². The lowest BCUT2D eigenvalue weighted by Crippen LogP contribution is -2.41. The van der Waals surface area contributed by atoms with E-state index in [1.807, 2.05) is 38.1 Å². The van der Waals surface area contributed by atoms with Gasteiger partial charge in [-0.2, -0.15) is 0 Å². The van der Waals surface area contributed by atoms with Crippen LogP contribution in [0.3, 0.4) is 0 Å². The molecular formula is C35H39N3O6S. The number of nitrogens with zero attached hydrogens (tertiary/aromatic N) is 3. The Morgan fingerprint density at radius 1 is 0.978 bits per heavy atom. The zero-order valence-corrected chi connectivity index (χ0v) is 27.2. The highest BCUT2D eigenvalue weighted by Crippen LogP contribution is 2.36. The van der Waals surface area contributed by atoms with Crippen LogP contribution in [0.1, 0.15) is 87.3 Å². The lowest BCUT2D eigenvalue weighted by Gasteiger charge is -2.25. The first-order valence-electron chi connectivity index (χ1n) is 15.5. The van der Waals surface area contributed by atoms with Crippen molar-refractivity contribution in [2.45, 2.75) is 65.8 Å². The second kappa shape index (κ2) is 13.8. The fourth-order valence-corrected chi connectivity index (χ4v) is 6.92. The van der Waals surface area contributed by atoms with E-state index in [0.717, 1.165) is 49.1 Å². The maximum absolute atomic E-state index is 14.4. The molecule has 5 rings (SSSR count). The summed E-state index contributed by atoms with van der Waals surface area (Å²) in [6, 6.07) is 13.3. The standard InChI is InChI=1S/C35H39N3O6S/c1-6-7-8-9-12-19-37-26-14-11-10-13-25(26)28(31(37)39)30-32(40)38-29(23-15-17-24(18-16-23)33(41)43-5)27(22(4)36-35(38)45-30)34(42)44-20-21(2)3/h10-11,13-18,21,29H,6-9,12,19-20H2,1-5H3. The summed E-state index contributed by atoms with van der Waals surface area (Å²) in [6.07, 6.45) is 5.32. The van der Waals surface area contributed by atoms with Crippen molar-refractivity contribution in [2.24, 2.45) is 10.9 Å². The van der Waals surface area contributed by atoms with Crippen molar-refractivity contribution in [3.63, 3.8) is 0 Å². The van der Waals surface area contributed by atoms with Gasteiger partial charge in [0.1, 0.15) is 4.53 Å². The molecule has 45 heavy (non-hydrogen) atoms. The number of unbranched alkanes of at least 4 members (excludes halogenated alkanes) is 4. The van der Waals surface area contributed by atoms with E-state index in [2.05, 4.69) is 11.9 Å². The molecular weight excluding hydrogens is 590 g/mol. The number of esters is 2. The van der Waals surface area contributed by atoms with Crippen molar-refractivity contribution in [3.8, 4) is 0 Å². The number of anilines is 1. The Balaban J connectivity index is 1.65. The zero-order chi connectivity index (χ0) is 32.2. The van der Waals surface area contributed by atoms with Crippen LogP contribution in [0.4, 0.5) is 5.69 Å².